The number of carbonyl (C=O) groups excluding carboxylic acids is 1. The lowest BCUT2D eigenvalue weighted by Gasteiger charge is -2.08. The summed E-state index contributed by atoms with van der Waals surface area (Å²) < 4.78 is 14.3. The molecule has 0 atom stereocenters. The Hall–Kier alpha value is -1.97. The lowest BCUT2D eigenvalue weighted by Crippen LogP contribution is -2.05. The van der Waals surface area contributed by atoms with Crippen LogP contribution in [0.2, 0.25) is 0 Å². The average molecular weight is 639 g/mol. The molecule has 3 aromatic carbocycles. The Morgan fingerprint density at radius 3 is 2.63 bits per heavy atom. The molecule has 4 nitrogen and oxygen atoms in total. The SMILES string of the molecule is O=C1OC(c2ccc(I)c(Br)c2)=N/C1=C\c1cccc(OCc2ccccc2Br)c1. The highest BCUT2D eigenvalue weighted by atomic mass is 127. The minimum Gasteiger partial charge on any atom is -0.489 e. The number of hydrogen-bond acceptors (Lipinski definition) is 4. The first-order valence-electron chi connectivity index (χ1n) is 8.94. The second-order valence-corrected chi connectivity index (χ2v) is 9.29. The first-order valence-corrected chi connectivity index (χ1v) is 11.6. The molecule has 1 aliphatic heterocycles. The minimum atomic E-state index is -0.473. The Morgan fingerprint density at radius 2 is 1.83 bits per heavy atom. The maximum Gasteiger partial charge on any atom is 0.363 e. The maximum atomic E-state index is 12.3. The van der Waals surface area contributed by atoms with Gasteiger partial charge in [-0.1, -0.05) is 46.3 Å². The lowest BCUT2D eigenvalue weighted by atomic mass is 10.2. The first-order chi connectivity index (χ1) is 14.5. The van der Waals surface area contributed by atoms with Crippen LogP contribution in [0.1, 0.15) is 16.7 Å². The number of halogens is 3. The quantitative estimate of drug-likeness (QED) is 0.177. The molecule has 0 N–H and O–H groups in total. The van der Waals surface area contributed by atoms with Crippen LogP contribution in [0.25, 0.3) is 6.08 Å². The van der Waals surface area contributed by atoms with Crippen molar-refractivity contribution in [2.45, 2.75) is 6.61 Å². The Kier molecular flexibility index (Phi) is 6.70. The zero-order valence-electron chi connectivity index (χ0n) is 15.4. The number of aliphatic imine (C=N–C) groups is 1. The summed E-state index contributed by atoms with van der Waals surface area (Å²) in [6, 6.07) is 21.1. The predicted molar refractivity (Wildman–Crippen MR) is 132 cm³/mol. The van der Waals surface area contributed by atoms with Gasteiger partial charge in [0.25, 0.3) is 0 Å². The summed E-state index contributed by atoms with van der Waals surface area (Å²) in [6.45, 7) is 0.438. The van der Waals surface area contributed by atoms with Crippen molar-refractivity contribution in [2.24, 2.45) is 4.99 Å². The number of nitrogens with zero attached hydrogens (tertiary/aromatic N) is 1. The molecule has 7 heteroatoms. The van der Waals surface area contributed by atoms with E-state index < -0.39 is 5.97 Å². The number of rotatable bonds is 5. The molecular weight excluding hydrogens is 625 g/mol. The summed E-state index contributed by atoms with van der Waals surface area (Å²) >= 11 is 9.23. The van der Waals surface area contributed by atoms with Gasteiger partial charge in [-0.25, -0.2) is 9.79 Å². The Morgan fingerprint density at radius 1 is 1.00 bits per heavy atom. The number of cyclic esters (lactones) is 1. The van der Waals surface area contributed by atoms with Gasteiger partial charge in [0.15, 0.2) is 5.70 Å². The van der Waals surface area contributed by atoms with E-state index in [-0.39, 0.29) is 5.70 Å². The van der Waals surface area contributed by atoms with Gasteiger partial charge < -0.3 is 9.47 Å². The Balaban J connectivity index is 1.53. The topological polar surface area (TPSA) is 47.9 Å². The van der Waals surface area contributed by atoms with Gasteiger partial charge in [-0.2, -0.15) is 0 Å². The van der Waals surface area contributed by atoms with Crippen molar-refractivity contribution in [1.29, 1.82) is 0 Å². The van der Waals surface area contributed by atoms with Gasteiger partial charge in [0.2, 0.25) is 5.90 Å². The van der Waals surface area contributed by atoms with Gasteiger partial charge in [-0.05, 0) is 86.6 Å². The van der Waals surface area contributed by atoms with Gasteiger partial charge in [0.1, 0.15) is 12.4 Å². The molecule has 0 fully saturated rings. The predicted octanol–water partition coefficient (Wildman–Crippen LogP) is 6.74. The van der Waals surface area contributed by atoms with E-state index in [2.05, 4.69) is 59.4 Å². The van der Waals surface area contributed by atoms with Gasteiger partial charge in [0.05, 0.1) is 0 Å². The molecule has 0 spiro atoms. The van der Waals surface area contributed by atoms with Crippen LogP contribution in [0, 0.1) is 3.57 Å². The van der Waals surface area contributed by atoms with Crippen molar-refractivity contribution in [3.05, 3.63) is 102 Å². The molecule has 0 radical (unpaired) electrons. The second kappa shape index (κ2) is 9.45. The van der Waals surface area contributed by atoms with Gasteiger partial charge in [-0.3, -0.25) is 0 Å². The fourth-order valence-electron chi connectivity index (χ4n) is 2.79. The third-order valence-electron chi connectivity index (χ3n) is 4.30. The highest BCUT2D eigenvalue weighted by Crippen LogP contribution is 2.25. The van der Waals surface area contributed by atoms with Gasteiger partial charge in [0, 0.05) is 23.6 Å². The Labute approximate surface area is 204 Å². The standard InChI is InChI=1S/C23H14Br2INO3/c24-18-7-2-1-5-16(18)13-29-17-6-3-4-14(10-17)11-21-23(28)30-22(27-21)15-8-9-20(26)19(25)12-15/h1-12H,13H2/b21-11-. The van der Waals surface area contributed by atoms with Gasteiger partial charge in [-0.15, -0.1) is 0 Å². The summed E-state index contributed by atoms with van der Waals surface area (Å²) in [4.78, 5) is 16.7. The van der Waals surface area contributed by atoms with Crippen LogP contribution in [0.3, 0.4) is 0 Å². The molecule has 1 aliphatic rings. The molecule has 4 rings (SSSR count). The molecule has 3 aromatic rings. The molecule has 0 unspecified atom stereocenters. The molecule has 1 heterocycles. The summed E-state index contributed by atoms with van der Waals surface area (Å²) in [5.41, 5.74) is 2.85. The van der Waals surface area contributed by atoms with Crippen LogP contribution in [0.5, 0.6) is 5.75 Å². The average Bonchev–Trinajstić information content (AvgIpc) is 3.10. The molecule has 0 saturated carbocycles. The smallest absolute Gasteiger partial charge is 0.363 e. The summed E-state index contributed by atoms with van der Waals surface area (Å²) in [5, 5.41) is 0. The van der Waals surface area contributed by atoms with E-state index in [4.69, 9.17) is 9.47 Å². The normalized spacial score (nSPS) is 14.6. The fourth-order valence-corrected chi connectivity index (χ4v) is 3.90. The van der Waals surface area contributed by atoms with Crippen LogP contribution in [-0.4, -0.2) is 11.9 Å². The molecule has 0 aromatic heterocycles. The lowest BCUT2D eigenvalue weighted by molar-refractivity contribution is -0.129. The zero-order valence-corrected chi connectivity index (χ0v) is 20.8. The second-order valence-electron chi connectivity index (χ2n) is 6.42. The van der Waals surface area contributed by atoms with Crippen molar-refractivity contribution in [2.75, 3.05) is 0 Å². The van der Waals surface area contributed by atoms with E-state index in [1.165, 1.54) is 0 Å². The zero-order chi connectivity index (χ0) is 21.1. The largest absolute Gasteiger partial charge is 0.489 e. The third-order valence-corrected chi connectivity index (χ3v) is 7.41. The molecule has 0 aliphatic carbocycles. The maximum absolute atomic E-state index is 12.3. The van der Waals surface area contributed by atoms with Crippen LogP contribution < -0.4 is 4.74 Å². The van der Waals surface area contributed by atoms with E-state index >= 15 is 0 Å². The summed E-state index contributed by atoms with van der Waals surface area (Å²) in [7, 11) is 0. The molecular formula is C23H14Br2INO3. The Bertz CT molecular complexity index is 1190. The van der Waals surface area contributed by atoms with Crippen molar-refractivity contribution >= 4 is 72.4 Å². The van der Waals surface area contributed by atoms with Crippen LogP contribution >= 0.6 is 54.5 Å². The monoisotopic (exact) mass is 637 g/mol. The van der Waals surface area contributed by atoms with E-state index in [0.29, 0.717) is 18.3 Å². The van der Waals surface area contributed by atoms with E-state index in [1.54, 1.807) is 6.08 Å². The number of esters is 1. The van der Waals surface area contributed by atoms with Crippen molar-refractivity contribution in [1.82, 2.24) is 0 Å². The summed E-state index contributed by atoms with van der Waals surface area (Å²) in [6.07, 6.45) is 1.70. The third kappa shape index (κ3) is 5.01. The van der Waals surface area contributed by atoms with Crippen LogP contribution in [-0.2, 0) is 16.1 Å². The molecule has 0 bridgehead atoms. The van der Waals surface area contributed by atoms with Gasteiger partial charge >= 0.3 is 5.97 Å². The molecule has 150 valence electrons. The van der Waals surface area contributed by atoms with E-state index in [0.717, 1.165) is 29.2 Å². The molecule has 0 saturated heterocycles. The van der Waals surface area contributed by atoms with Crippen LogP contribution in [0.15, 0.2) is 86.4 Å². The van der Waals surface area contributed by atoms with Crippen molar-refractivity contribution in [3.63, 3.8) is 0 Å². The van der Waals surface area contributed by atoms with Crippen LogP contribution in [0.4, 0.5) is 0 Å². The number of hydrogen-bond donors (Lipinski definition) is 0. The molecule has 30 heavy (non-hydrogen) atoms. The summed E-state index contributed by atoms with van der Waals surface area (Å²) in [5.74, 6) is 0.529. The highest BCUT2D eigenvalue weighted by molar-refractivity contribution is 14.1. The van der Waals surface area contributed by atoms with Crippen molar-refractivity contribution < 1.29 is 14.3 Å². The highest BCUT2D eigenvalue weighted by Gasteiger charge is 2.24. The van der Waals surface area contributed by atoms with Crippen molar-refractivity contribution in [3.8, 4) is 5.75 Å². The first kappa shape index (κ1) is 21.3. The minimum absolute atomic E-state index is 0.252. The van der Waals surface area contributed by atoms with E-state index in [1.807, 2.05) is 66.7 Å². The number of benzene rings is 3. The van der Waals surface area contributed by atoms with E-state index in [9.17, 15) is 4.79 Å². The fraction of sp³-hybridized carbons (Fsp3) is 0.0435. The molecule has 0 amide bonds. The number of carbonyl (C=O) groups is 1. The number of ether oxygens (including phenoxy) is 2.